The van der Waals surface area contributed by atoms with Gasteiger partial charge < -0.3 is 5.11 Å². The maximum absolute atomic E-state index is 10.5. The van der Waals surface area contributed by atoms with Crippen LogP contribution in [0.5, 0.6) is 0 Å². The van der Waals surface area contributed by atoms with Gasteiger partial charge in [0.25, 0.3) is 0 Å². The van der Waals surface area contributed by atoms with E-state index in [1.807, 2.05) is 20.8 Å². The first-order valence-electron chi connectivity index (χ1n) is 6.62. The third-order valence-corrected chi connectivity index (χ3v) is 2.18. The predicted octanol–water partition coefficient (Wildman–Crippen LogP) is 4.01. The zero-order chi connectivity index (χ0) is 16.0. The van der Waals surface area contributed by atoms with E-state index in [0.29, 0.717) is 5.92 Å². The van der Waals surface area contributed by atoms with E-state index < -0.39 is 10.9 Å². The van der Waals surface area contributed by atoms with Gasteiger partial charge in [-0.15, -0.1) is 0 Å². The second-order valence-electron chi connectivity index (χ2n) is 4.58. The van der Waals surface area contributed by atoms with Crippen molar-refractivity contribution in [3.05, 3.63) is 22.3 Å². The van der Waals surface area contributed by atoms with E-state index in [4.69, 9.17) is 15.2 Å². The molecule has 114 valence electrons. The van der Waals surface area contributed by atoms with Gasteiger partial charge in [0.2, 0.25) is 0 Å². The summed E-state index contributed by atoms with van der Waals surface area (Å²) in [7, 11) is 0.889. The van der Waals surface area contributed by atoms with Gasteiger partial charge in [0, 0.05) is 4.92 Å². The van der Waals surface area contributed by atoms with Crippen LogP contribution in [-0.2, 0) is 4.79 Å². The van der Waals surface area contributed by atoms with Crippen molar-refractivity contribution in [2.45, 2.75) is 53.9 Å². The molecule has 0 aromatic carbocycles. The Bertz CT molecular complexity index is 258. The minimum atomic E-state index is -0.733. The average Bonchev–Trinajstić information content (AvgIpc) is 2.24. The van der Waals surface area contributed by atoms with E-state index in [9.17, 15) is 4.79 Å². The first-order chi connectivity index (χ1) is 8.63. The van der Waals surface area contributed by atoms with Gasteiger partial charge in [-0.1, -0.05) is 53.2 Å². The highest BCUT2D eigenvalue weighted by atomic mass is 16.6. The van der Waals surface area contributed by atoms with E-state index in [0.717, 1.165) is 19.0 Å². The van der Waals surface area contributed by atoms with Crippen LogP contribution in [0.4, 0.5) is 0 Å². The SMILES string of the molecule is C=C(C(C)C)C(CC)CC(=O)O.CCC.C[N+](=O)[O-]. The molecule has 0 saturated carbocycles. The number of carboxylic acids is 1. The molecular weight excluding hydrogens is 246 g/mol. The van der Waals surface area contributed by atoms with Crippen LogP contribution < -0.4 is 0 Å². The lowest BCUT2D eigenvalue weighted by atomic mass is 9.87. The summed E-state index contributed by atoms with van der Waals surface area (Å²) < 4.78 is 0. The van der Waals surface area contributed by atoms with Crippen LogP contribution >= 0.6 is 0 Å². The van der Waals surface area contributed by atoms with E-state index in [-0.39, 0.29) is 12.3 Å². The summed E-state index contributed by atoms with van der Waals surface area (Å²) in [6.45, 7) is 14.3. The Kier molecular flexibility index (Phi) is 17.6. The van der Waals surface area contributed by atoms with Gasteiger partial charge in [-0.25, -0.2) is 0 Å². The number of nitro groups is 1. The first kappa shape index (κ1) is 22.8. The smallest absolute Gasteiger partial charge is 0.303 e. The topological polar surface area (TPSA) is 80.4 Å². The third-order valence-electron chi connectivity index (χ3n) is 2.18. The molecule has 0 aliphatic rings. The van der Waals surface area contributed by atoms with Crippen molar-refractivity contribution < 1.29 is 14.8 Å². The lowest BCUT2D eigenvalue weighted by Crippen LogP contribution is -2.12. The molecule has 0 amide bonds. The van der Waals surface area contributed by atoms with Crippen LogP contribution in [0.1, 0.15) is 53.9 Å². The van der Waals surface area contributed by atoms with Gasteiger partial charge in [-0.3, -0.25) is 14.9 Å². The number of carboxylic acid groups (broad SMARTS) is 1. The van der Waals surface area contributed by atoms with Crippen molar-refractivity contribution in [3.8, 4) is 0 Å². The van der Waals surface area contributed by atoms with Crippen LogP contribution in [0.25, 0.3) is 0 Å². The highest BCUT2D eigenvalue weighted by molar-refractivity contribution is 5.67. The van der Waals surface area contributed by atoms with Crippen molar-refractivity contribution in [2.75, 3.05) is 7.05 Å². The molecule has 0 heterocycles. The van der Waals surface area contributed by atoms with Crippen molar-refractivity contribution >= 4 is 5.97 Å². The molecule has 0 rings (SSSR count). The fraction of sp³-hybridized carbons (Fsp3) is 0.786. The van der Waals surface area contributed by atoms with Crippen LogP contribution in [-0.4, -0.2) is 23.0 Å². The van der Waals surface area contributed by atoms with Gasteiger partial charge in [-0.05, 0) is 18.3 Å². The molecule has 19 heavy (non-hydrogen) atoms. The Morgan fingerprint density at radius 3 is 1.79 bits per heavy atom. The molecule has 5 nitrogen and oxygen atoms in total. The fourth-order valence-corrected chi connectivity index (χ4v) is 1.22. The lowest BCUT2D eigenvalue weighted by Gasteiger charge is -2.18. The largest absolute Gasteiger partial charge is 0.481 e. The summed E-state index contributed by atoms with van der Waals surface area (Å²) in [5.74, 6) is -0.208. The van der Waals surface area contributed by atoms with Gasteiger partial charge in [0.05, 0.1) is 6.42 Å². The minimum Gasteiger partial charge on any atom is -0.481 e. The molecule has 5 heteroatoms. The van der Waals surface area contributed by atoms with Crippen molar-refractivity contribution in [3.63, 3.8) is 0 Å². The van der Waals surface area contributed by atoms with Crippen LogP contribution in [0.2, 0.25) is 0 Å². The van der Waals surface area contributed by atoms with Crippen molar-refractivity contribution in [2.24, 2.45) is 11.8 Å². The first-order valence-corrected chi connectivity index (χ1v) is 6.62. The number of hydrogen-bond acceptors (Lipinski definition) is 3. The maximum atomic E-state index is 10.5. The van der Waals surface area contributed by atoms with E-state index >= 15 is 0 Å². The normalized spacial score (nSPS) is 10.5. The summed E-state index contributed by atoms with van der Waals surface area (Å²) in [6.07, 6.45) is 2.33. The molecule has 1 atom stereocenters. The zero-order valence-corrected chi connectivity index (χ0v) is 13.1. The minimum absolute atomic E-state index is 0.141. The van der Waals surface area contributed by atoms with Crippen LogP contribution in [0.3, 0.4) is 0 Å². The molecule has 0 radical (unpaired) electrons. The van der Waals surface area contributed by atoms with Crippen LogP contribution in [0.15, 0.2) is 12.2 Å². The highest BCUT2D eigenvalue weighted by Gasteiger charge is 2.16. The Balaban J connectivity index is -0.000000303. The van der Waals surface area contributed by atoms with Crippen molar-refractivity contribution in [1.29, 1.82) is 0 Å². The molecule has 1 unspecified atom stereocenters. The molecular formula is C14H29NO4. The molecule has 1 N–H and O–H groups in total. The van der Waals surface area contributed by atoms with Gasteiger partial charge in [0.15, 0.2) is 7.05 Å². The number of hydrogen-bond donors (Lipinski definition) is 1. The standard InChI is InChI=1S/C10H18O2.C3H8.CH3NO2/c1-5-9(6-10(11)12)8(4)7(2)3;1-3-2;1-2(3)4/h7,9H,4-6H2,1-3H3,(H,11,12);3H2,1-2H3;1H3. The van der Waals surface area contributed by atoms with Crippen molar-refractivity contribution in [1.82, 2.24) is 0 Å². The molecule has 0 saturated heterocycles. The quantitative estimate of drug-likeness (QED) is 0.467. The highest BCUT2D eigenvalue weighted by Crippen LogP contribution is 2.23. The lowest BCUT2D eigenvalue weighted by molar-refractivity contribution is -0.445. The summed E-state index contributed by atoms with van der Waals surface area (Å²) in [4.78, 5) is 18.8. The van der Waals surface area contributed by atoms with Gasteiger partial charge in [-0.2, -0.15) is 0 Å². The molecule has 0 spiro atoms. The molecule has 0 aromatic heterocycles. The number of allylic oxidation sites excluding steroid dienone is 1. The molecule has 0 aliphatic heterocycles. The average molecular weight is 275 g/mol. The summed E-state index contributed by atoms with van der Waals surface area (Å²) in [5.41, 5.74) is 1.06. The van der Waals surface area contributed by atoms with E-state index in [1.165, 1.54) is 6.42 Å². The zero-order valence-electron chi connectivity index (χ0n) is 13.1. The van der Waals surface area contributed by atoms with E-state index in [2.05, 4.69) is 20.4 Å². The number of carbonyl (C=O) groups is 1. The van der Waals surface area contributed by atoms with Gasteiger partial charge in [0.1, 0.15) is 0 Å². The monoisotopic (exact) mass is 275 g/mol. The summed E-state index contributed by atoms with van der Waals surface area (Å²) in [5, 5.41) is 17.4. The van der Waals surface area contributed by atoms with Crippen LogP contribution in [0, 0.1) is 22.0 Å². The Labute approximate surface area is 116 Å². The molecule has 0 aliphatic carbocycles. The molecule has 0 fully saturated rings. The summed E-state index contributed by atoms with van der Waals surface area (Å²) >= 11 is 0. The maximum Gasteiger partial charge on any atom is 0.303 e. The number of rotatable bonds is 5. The number of nitrogens with zero attached hydrogens (tertiary/aromatic N) is 1. The third kappa shape index (κ3) is 22.3. The summed E-state index contributed by atoms with van der Waals surface area (Å²) in [6, 6.07) is 0. The Hall–Kier alpha value is -1.39. The Morgan fingerprint density at radius 1 is 1.32 bits per heavy atom. The molecule has 0 aromatic rings. The fourth-order valence-electron chi connectivity index (χ4n) is 1.22. The van der Waals surface area contributed by atoms with Gasteiger partial charge >= 0.3 is 5.97 Å². The predicted molar refractivity (Wildman–Crippen MR) is 78.9 cm³/mol. The Morgan fingerprint density at radius 2 is 1.63 bits per heavy atom. The number of aliphatic carboxylic acids is 1. The second-order valence-corrected chi connectivity index (χ2v) is 4.58. The van der Waals surface area contributed by atoms with E-state index in [1.54, 1.807) is 0 Å². The molecule has 0 bridgehead atoms. The second kappa shape index (κ2) is 14.7.